The van der Waals surface area contributed by atoms with Crippen molar-refractivity contribution in [1.82, 2.24) is 9.97 Å². The summed E-state index contributed by atoms with van der Waals surface area (Å²) in [5.74, 6) is 0.830. The van der Waals surface area contributed by atoms with E-state index in [0.29, 0.717) is 0 Å². The third-order valence-electron chi connectivity index (χ3n) is 3.61. The van der Waals surface area contributed by atoms with Crippen molar-refractivity contribution in [3.8, 4) is 5.75 Å². The van der Waals surface area contributed by atoms with Gasteiger partial charge in [0.05, 0.1) is 17.3 Å². The zero-order chi connectivity index (χ0) is 16.7. The first-order valence-electron chi connectivity index (χ1n) is 7.97. The molecule has 0 radical (unpaired) electrons. The maximum Gasteiger partial charge on any atom is 0.147 e. The quantitative estimate of drug-likeness (QED) is 0.781. The highest BCUT2D eigenvalue weighted by atomic mass is 16.5. The number of nitrogens with zero attached hydrogens (tertiary/aromatic N) is 2. The summed E-state index contributed by atoms with van der Waals surface area (Å²) in [5, 5.41) is 0. The lowest BCUT2D eigenvalue weighted by atomic mass is 9.86. The van der Waals surface area contributed by atoms with Crippen LogP contribution >= 0.6 is 0 Å². The molecule has 22 heavy (non-hydrogen) atoms. The number of hydrogen-bond donors (Lipinski definition) is 0. The molecule has 2 aromatic rings. The molecule has 0 aliphatic rings. The highest BCUT2D eigenvalue weighted by Gasteiger charge is 2.21. The fourth-order valence-electron chi connectivity index (χ4n) is 2.22. The number of ether oxygens (including phenoxy) is 1. The molecular weight excluding hydrogens is 272 g/mol. The molecule has 1 aromatic heterocycles. The van der Waals surface area contributed by atoms with E-state index in [1.807, 2.05) is 20.0 Å². The first-order chi connectivity index (χ1) is 9.98. The topological polar surface area (TPSA) is 35.0 Å². The maximum absolute atomic E-state index is 6.03. The Labute approximate surface area is 134 Å². The Balaban J connectivity index is 2.71. The molecule has 3 nitrogen and oxygen atoms in total. The van der Waals surface area contributed by atoms with Crippen molar-refractivity contribution in [2.75, 3.05) is 0 Å². The summed E-state index contributed by atoms with van der Waals surface area (Å²) < 4.78 is 6.03. The van der Waals surface area contributed by atoms with Crippen LogP contribution in [0.5, 0.6) is 5.75 Å². The number of rotatable bonds is 2. The molecule has 0 saturated carbocycles. The van der Waals surface area contributed by atoms with Gasteiger partial charge in [-0.15, -0.1) is 0 Å². The van der Waals surface area contributed by atoms with Gasteiger partial charge in [0, 0.05) is 11.6 Å². The predicted octanol–water partition coefficient (Wildman–Crippen LogP) is 5.01. The second-order valence-electron chi connectivity index (χ2n) is 8.26. The molecule has 1 heterocycles. The Morgan fingerprint density at radius 3 is 2.09 bits per heavy atom. The van der Waals surface area contributed by atoms with Gasteiger partial charge in [-0.1, -0.05) is 41.5 Å². The van der Waals surface area contributed by atoms with Crippen LogP contribution in [0.15, 0.2) is 18.3 Å². The molecule has 0 fully saturated rings. The van der Waals surface area contributed by atoms with E-state index in [4.69, 9.17) is 9.72 Å². The van der Waals surface area contributed by atoms with Gasteiger partial charge in [-0.05, 0) is 37.0 Å². The summed E-state index contributed by atoms with van der Waals surface area (Å²) in [7, 11) is 0. The van der Waals surface area contributed by atoms with Crippen molar-refractivity contribution in [2.45, 2.75) is 72.3 Å². The lowest BCUT2D eigenvalue weighted by Crippen LogP contribution is -2.16. The molecule has 0 N–H and O–H groups in total. The molecule has 0 bridgehead atoms. The van der Waals surface area contributed by atoms with E-state index >= 15 is 0 Å². The van der Waals surface area contributed by atoms with Crippen LogP contribution in [0.1, 0.15) is 66.6 Å². The Bertz CT molecular complexity index is 676. The summed E-state index contributed by atoms with van der Waals surface area (Å²) in [6.07, 6.45) is 1.99. The van der Waals surface area contributed by atoms with E-state index in [9.17, 15) is 0 Å². The van der Waals surface area contributed by atoms with Crippen LogP contribution in [-0.4, -0.2) is 16.1 Å². The van der Waals surface area contributed by atoms with Crippen molar-refractivity contribution in [1.29, 1.82) is 0 Å². The first kappa shape index (κ1) is 16.7. The van der Waals surface area contributed by atoms with Crippen LogP contribution in [0, 0.1) is 0 Å². The third-order valence-corrected chi connectivity index (χ3v) is 3.61. The SMILES string of the molecule is CC(C)Oc1cc(C(C)(C)C)cc2ncc(C(C)(C)C)nc12. The predicted molar refractivity (Wildman–Crippen MR) is 92.7 cm³/mol. The minimum atomic E-state index is -0.0288. The van der Waals surface area contributed by atoms with Gasteiger partial charge in [-0.3, -0.25) is 4.98 Å². The van der Waals surface area contributed by atoms with Crippen LogP contribution in [0.4, 0.5) is 0 Å². The number of hydrogen-bond acceptors (Lipinski definition) is 3. The summed E-state index contributed by atoms with van der Waals surface area (Å²) in [5.41, 5.74) is 3.97. The van der Waals surface area contributed by atoms with Gasteiger partial charge in [0.25, 0.3) is 0 Å². The number of benzene rings is 1. The lowest BCUT2D eigenvalue weighted by Gasteiger charge is -2.23. The fraction of sp³-hybridized carbons (Fsp3) is 0.579. The largest absolute Gasteiger partial charge is 0.489 e. The van der Waals surface area contributed by atoms with Gasteiger partial charge in [0.1, 0.15) is 11.3 Å². The van der Waals surface area contributed by atoms with Gasteiger partial charge in [-0.2, -0.15) is 0 Å². The molecule has 0 spiro atoms. The molecule has 3 heteroatoms. The van der Waals surface area contributed by atoms with Crippen molar-refractivity contribution < 1.29 is 4.74 Å². The molecule has 0 atom stereocenters. The van der Waals surface area contributed by atoms with Crippen molar-refractivity contribution in [2.24, 2.45) is 0 Å². The summed E-state index contributed by atoms with van der Waals surface area (Å²) in [6, 6.07) is 4.24. The van der Waals surface area contributed by atoms with Gasteiger partial charge >= 0.3 is 0 Å². The van der Waals surface area contributed by atoms with Crippen LogP contribution in [0.2, 0.25) is 0 Å². The molecule has 0 aliphatic carbocycles. The van der Waals surface area contributed by atoms with Crippen LogP contribution in [0.3, 0.4) is 0 Å². The van der Waals surface area contributed by atoms with E-state index < -0.39 is 0 Å². The Morgan fingerprint density at radius 2 is 1.59 bits per heavy atom. The third kappa shape index (κ3) is 3.57. The van der Waals surface area contributed by atoms with E-state index in [1.54, 1.807) is 0 Å². The molecular formula is C19H28N2O. The first-order valence-corrected chi connectivity index (χ1v) is 7.97. The minimum Gasteiger partial charge on any atom is -0.489 e. The normalized spacial score (nSPS) is 13.0. The van der Waals surface area contributed by atoms with Gasteiger partial charge < -0.3 is 4.74 Å². The van der Waals surface area contributed by atoms with Gasteiger partial charge in [-0.25, -0.2) is 4.98 Å². The highest BCUT2D eigenvalue weighted by molar-refractivity contribution is 5.82. The van der Waals surface area contributed by atoms with Crippen LogP contribution in [0.25, 0.3) is 11.0 Å². The molecule has 1 aromatic carbocycles. The second kappa shape index (κ2) is 5.53. The van der Waals surface area contributed by atoms with E-state index in [-0.39, 0.29) is 16.9 Å². The molecule has 120 valence electrons. The van der Waals surface area contributed by atoms with Crippen LogP contribution in [-0.2, 0) is 10.8 Å². The maximum atomic E-state index is 6.03. The fourth-order valence-corrected chi connectivity index (χ4v) is 2.22. The monoisotopic (exact) mass is 300 g/mol. The zero-order valence-electron chi connectivity index (χ0n) is 15.1. The van der Waals surface area contributed by atoms with Crippen molar-refractivity contribution in [3.05, 3.63) is 29.6 Å². The summed E-state index contributed by atoms with van der Waals surface area (Å²) >= 11 is 0. The number of fused-ring (bicyclic) bond motifs is 1. The molecule has 2 rings (SSSR count). The number of aromatic nitrogens is 2. The average molecular weight is 300 g/mol. The van der Waals surface area contributed by atoms with E-state index in [1.165, 1.54) is 5.56 Å². The van der Waals surface area contributed by atoms with E-state index in [0.717, 1.165) is 22.5 Å². The average Bonchev–Trinajstić information content (AvgIpc) is 2.35. The molecule has 0 unspecified atom stereocenters. The molecule has 0 saturated heterocycles. The highest BCUT2D eigenvalue weighted by Crippen LogP contribution is 2.33. The summed E-state index contributed by atoms with van der Waals surface area (Å²) in [4.78, 5) is 9.48. The second-order valence-corrected chi connectivity index (χ2v) is 8.26. The molecule has 0 aliphatic heterocycles. The van der Waals surface area contributed by atoms with E-state index in [2.05, 4.69) is 58.7 Å². The Kier molecular flexibility index (Phi) is 4.20. The summed E-state index contributed by atoms with van der Waals surface area (Å²) in [6.45, 7) is 17.1. The van der Waals surface area contributed by atoms with Gasteiger partial charge in [0.2, 0.25) is 0 Å². The Hall–Kier alpha value is -1.64. The molecule has 0 amide bonds. The zero-order valence-corrected chi connectivity index (χ0v) is 15.1. The van der Waals surface area contributed by atoms with Gasteiger partial charge in [0.15, 0.2) is 0 Å². The van der Waals surface area contributed by atoms with Crippen LogP contribution < -0.4 is 4.74 Å². The smallest absolute Gasteiger partial charge is 0.147 e. The van der Waals surface area contributed by atoms with Crippen molar-refractivity contribution >= 4 is 11.0 Å². The standard InChI is InChI=1S/C19H28N2O/c1-12(2)22-15-10-13(18(3,4)5)9-14-17(15)21-16(11-20-14)19(6,7)8/h9-12H,1-8H3. The lowest BCUT2D eigenvalue weighted by molar-refractivity contribution is 0.244. The Morgan fingerprint density at radius 1 is 0.955 bits per heavy atom. The van der Waals surface area contributed by atoms with Crippen molar-refractivity contribution in [3.63, 3.8) is 0 Å². The minimum absolute atomic E-state index is 0.0288.